The van der Waals surface area contributed by atoms with Crippen molar-refractivity contribution in [1.29, 1.82) is 0 Å². The second-order valence-corrected chi connectivity index (χ2v) is 4.86. The fourth-order valence-electron chi connectivity index (χ4n) is 2.06. The van der Waals surface area contributed by atoms with E-state index in [1.807, 2.05) is 11.8 Å². The van der Waals surface area contributed by atoms with Crippen LogP contribution in [-0.4, -0.2) is 34.2 Å². The molecule has 0 saturated heterocycles. The Hall–Kier alpha value is -1.26. The van der Waals surface area contributed by atoms with Gasteiger partial charge in [0.15, 0.2) is 0 Å². The maximum atomic E-state index is 11.5. The lowest BCUT2D eigenvalue weighted by molar-refractivity contribution is -0.143. The van der Waals surface area contributed by atoms with Crippen molar-refractivity contribution < 1.29 is 15.0 Å². The maximum absolute atomic E-state index is 11.5. The molecule has 4 nitrogen and oxygen atoms in total. The third-order valence-electron chi connectivity index (χ3n) is 3.09. The average Bonchev–Trinajstić information content (AvgIpc) is 2.37. The quantitative estimate of drug-likeness (QED) is 0.807. The van der Waals surface area contributed by atoms with E-state index in [1.54, 1.807) is 6.07 Å². The molecule has 1 aromatic rings. The summed E-state index contributed by atoms with van der Waals surface area (Å²) in [4.78, 5) is 13.4. The minimum atomic E-state index is -0.976. The number of carboxylic acids is 1. The van der Waals surface area contributed by atoms with E-state index >= 15 is 0 Å². The third kappa shape index (κ3) is 4.11. The molecule has 0 bridgehead atoms. The van der Waals surface area contributed by atoms with Crippen molar-refractivity contribution in [3.8, 4) is 5.75 Å². The number of phenolic OH excluding ortho intramolecular Hbond substituents is 1. The first-order valence-corrected chi connectivity index (χ1v) is 6.84. The average molecular weight is 286 g/mol. The van der Waals surface area contributed by atoms with Crippen molar-refractivity contribution in [2.45, 2.75) is 32.7 Å². The third-order valence-corrected chi connectivity index (χ3v) is 3.32. The Kier molecular flexibility index (Phi) is 6.12. The fraction of sp³-hybridized carbons (Fsp3) is 0.500. The standard InChI is InChI=1S/C14H20ClNO3/c1-3-5-8-16(4-2)13(14(18)19)11-9-10(15)6-7-12(11)17/h6-7,9,13,17H,3-5,8H2,1-2H3,(H,18,19). The Labute approximate surface area is 118 Å². The molecule has 0 aliphatic heterocycles. The van der Waals surface area contributed by atoms with E-state index in [2.05, 4.69) is 6.92 Å². The zero-order valence-corrected chi connectivity index (χ0v) is 12.0. The smallest absolute Gasteiger partial charge is 0.325 e. The molecule has 1 atom stereocenters. The van der Waals surface area contributed by atoms with Crippen molar-refractivity contribution in [3.05, 3.63) is 28.8 Å². The van der Waals surface area contributed by atoms with Crippen LogP contribution >= 0.6 is 11.6 Å². The largest absolute Gasteiger partial charge is 0.508 e. The summed E-state index contributed by atoms with van der Waals surface area (Å²) in [5, 5.41) is 19.7. The minimum absolute atomic E-state index is 0.0354. The summed E-state index contributed by atoms with van der Waals surface area (Å²) in [6.45, 7) is 5.24. The van der Waals surface area contributed by atoms with Gasteiger partial charge in [-0.1, -0.05) is 31.9 Å². The number of carboxylic acid groups (broad SMARTS) is 1. The van der Waals surface area contributed by atoms with E-state index in [9.17, 15) is 15.0 Å². The molecule has 0 aliphatic carbocycles. The van der Waals surface area contributed by atoms with Crippen LogP contribution in [-0.2, 0) is 4.79 Å². The van der Waals surface area contributed by atoms with Crippen LogP contribution in [0.2, 0.25) is 5.02 Å². The number of rotatable bonds is 7. The second kappa shape index (κ2) is 7.36. The van der Waals surface area contributed by atoms with Crippen molar-refractivity contribution in [2.75, 3.05) is 13.1 Å². The highest BCUT2D eigenvalue weighted by Gasteiger charge is 2.28. The van der Waals surface area contributed by atoms with Gasteiger partial charge in [0.1, 0.15) is 11.8 Å². The van der Waals surface area contributed by atoms with E-state index in [0.717, 1.165) is 12.8 Å². The number of halogens is 1. The van der Waals surface area contributed by atoms with E-state index in [4.69, 9.17) is 11.6 Å². The Morgan fingerprint density at radius 2 is 2.11 bits per heavy atom. The summed E-state index contributed by atoms with van der Waals surface area (Å²) in [5.41, 5.74) is 0.345. The number of nitrogens with zero attached hydrogens (tertiary/aromatic N) is 1. The van der Waals surface area contributed by atoms with Crippen molar-refractivity contribution in [1.82, 2.24) is 4.90 Å². The molecule has 106 valence electrons. The molecule has 5 heteroatoms. The lowest BCUT2D eigenvalue weighted by Gasteiger charge is -2.28. The molecule has 1 rings (SSSR count). The summed E-state index contributed by atoms with van der Waals surface area (Å²) in [6.07, 6.45) is 1.91. The number of hydrogen-bond acceptors (Lipinski definition) is 3. The molecule has 0 radical (unpaired) electrons. The van der Waals surface area contributed by atoms with Crippen LogP contribution in [0.3, 0.4) is 0 Å². The molecule has 1 unspecified atom stereocenters. The number of phenols is 1. The molecule has 2 N–H and O–H groups in total. The molecule has 0 saturated carbocycles. The van der Waals surface area contributed by atoms with Crippen molar-refractivity contribution in [3.63, 3.8) is 0 Å². The molecule has 0 spiro atoms. The molecule has 0 heterocycles. The predicted octanol–water partition coefficient (Wildman–Crippen LogP) is 3.29. The van der Waals surface area contributed by atoms with Gasteiger partial charge < -0.3 is 10.2 Å². The van der Waals surface area contributed by atoms with Gasteiger partial charge >= 0.3 is 5.97 Å². The van der Waals surface area contributed by atoms with Crippen LogP contribution in [0.5, 0.6) is 5.75 Å². The molecule has 1 aromatic carbocycles. The first-order chi connectivity index (χ1) is 9.01. The monoisotopic (exact) mass is 285 g/mol. The lowest BCUT2D eigenvalue weighted by Crippen LogP contribution is -2.34. The lowest BCUT2D eigenvalue weighted by atomic mass is 10.0. The number of aromatic hydroxyl groups is 1. The van der Waals surface area contributed by atoms with Crippen LogP contribution in [0, 0.1) is 0 Å². The topological polar surface area (TPSA) is 60.8 Å². The summed E-state index contributed by atoms with van der Waals surface area (Å²) in [7, 11) is 0. The van der Waals surface area contributed by atoms with Gasteiger partial charge in [-0.15, -0.1) is 0 Å². The van der Waals surface area contributed by atoms with Gasteiger partial charge in [0.05, 0.1) is 0 Å². The maximum Gasteiger partial charge on any atom is 0.325 e. The van der Waals surface area contributed by atoms with Crippen LogP contribution in [0.15, 0.2) is 18.2 Å². The number of carbonyl (C=O) groups is 1. The van der Waals surface area contributed by atoms with Crippen LogP contribution < -0.4 is 0 Å². The van der Waals surface area contributed by atoms with Crippen molar-refractivity contribution in [2.24, 2.45) is 0 Å². The van der Waals surface area contributed by atoms with Crippen LogP contribution in [0.4, 0.5) is 0 Å². The Morgan fingerprint density at radius 1 is 1.42 bits per heavy atom. The van der Waals surface area contributed by atoms with Gasteiger partial charge in [0, 0.05) is 10.6 Å². The van der Waals surface area contributed by atoms with Crippen LogP contribution in [0.1, 0.15) is 38.3 Å². The van der Waals surface area contributed by atoms with Gasteiger partial charge in [-0.2, -0.15) is 0 Å². The Morgan fingerprint density at radius 3 is 2.63 bits per heavy atom. The predicted molar refractivity (Wildman–Crippen MR) is 75.6 cm³/mol. The number of benzene rings is 1. The number of unbranched alkanes of at least 4 members (excludes halogenated alkanes) is 1. The molecule has 0 aromatic heterocycles. The van der Waals surface area contributed by atoms with E-state index in [-0.39, 0.29) is 5.75 Å². The van der Waals surface area contributed by atoms with Gasteiger partial charge in [-0.25, -0.2) is 0 Å². The van der Waals surface area contributed by atoms with Crippen LogP contribution in [0.25, 0.3) is 0 Å². The Bertz CT molecular complexity index is 437. The summed E-state index contributed by atoms with van der Waals surface area (Å²) in [6, 6.07) is 3.63. The zero-order valence-electron chi connectivity index (χ0n) is 11.3. The van der Waals surface area contributed by atoms with E-state index in [0.29, 0.717) is 23.7 Å². The molecule has 0 fully saturated rings. The highest BCUT2D eigenvalue weighted by atomic mass is 35.5. The Balaban J connectivity index is 3.11. The fourth-order valence-corrected chi connectivity index (χ4v) is 2.24. The van der Waals surface area contributed by atoms with Gasteiger partial charge in [-0.05, 0) is 37.7 Å². The molecule has 0 amide bonds. The minimum Gasteiger partial charge on any atom is -0.508 e. The second-order valence-electron chi connectivity index (χ2n) is 4.43. The van der Waals surface area contributed by atoms with E-state index in [1.165, 1.54) is 12.1 Å². The number of aliphatic carboxylic acids is 1. The summed E-state index contributed by atoms with van der Waals surface area (Å²) >= 11 is 5.90. The zero-order chi connectivity index (χ0) is 14.4. The van der Waals surface area contributed by atoms with Gasteiger partial charge in [0.25, 0.3) is 0 Å². The highest BCUT2D eigenvalue weighted by Crippen LogP contribution is 2.31. The van der Waals surface area contributed by atoms with E-state index < -0.39 is 12.0 Å². The van der Waals surface area contributed by atoms with Crippen molar-refractivity contribution >= 4 is 17.6 Å². The first-order valence-electron chi connectivity index (χ1n) is 6.46. The summed E-state index contributed by atoms with van der Waals surface area (Å²) in [5.74, 6) is -1.01. The normalized spacial score (nSPS) is 12.6. The van der Waals surface area contributed by atoms with Gasteiger partial charge in [-0.3, -0.25) is 9.69 Å². The number of likely N-dealkylation sites (N-methyl/N-ethyl adjacent to an activating group) is 1. The molecular weight excluding hydrogens is 266 g/mol. The number of hydrogen-bond donors (Lipinski definition) is 2. The van der Waals surface area contributed by atoms with Gasteiger partial charge in [0.2, 0.25) is 0 Å². The molecule has 19 heavy (non-hydrogen) atoms. The SMILES string of the molecule is CCCCN(CC)C(C(=O)O)c1cc(Cl)ccc1O. The first kappa shape index (κ1) is 15.8. The molecular formula is C14H20ClNO3. The molecule has 0 aliphatic rings. The highest BCUT2D eigenvalue weighted by molar-refractivity contribution is 6.30. The summed E-state index contributed by atoms with van der Waals surface area (Å²) < 4.78 is 0.